The Morgan fingerprint density at radius 3 is 3.00 bits per heavy atom. The van der Waals surface area contributed by atoms with Gasteiger partial charge in [-0.05, 0) is 18.2 Å². The summed E-state index contributed by atoms with van der Waals surface area (Å²) in [4.78, 5) is 0. The van der Waals surface area contributed by atoms with Gasteiger partial charge in [0, 0.05) is 7.11 Å². The highest BCUT2D eigenvalue weighted by atomic mass is 16.5. The van der Waals surface area contributed by atoms with Crippen molar-refractivity contribution in [2.24, 2.45) is 5.11 Å². The molecule has 72 valence electrons. The first-order chi connectivity index (χ1) is 6.81. The number of nitrogens with zero attached hydrogens (tertiary/aromatic N) is 2. The maximum Gasteiger partial charge on any atom is 0.116 e. The molecule has 1 aromatic rings. The van der Waals surface area contributed by atoms with Crippen LogP contribution in [-0.2, 0) is 4.74 Å². The van der Waals surface area contributed by atoms with Crippen LogP contribution in [0.15, 0.2) is 23.3 Å². The minimum absolute atomic E-state index is 0.317. The van der Waals surface area contributed by atoms with Gasteiger partial charge in [-0.3, -0.25) is 0 Å². The zero-order valence-electron chi connectivity index (χ0n) is 7.74. The average Bonchev–Trinajstić information content (AvgIpc) is 2.25. The fourth-order valence-electron chi connectivity index (χ4n) is 0.995. The Morgan fingerprint density at radius 2 is 2.43 bits per heavy atom. The minimum atomic E-state index is 0.317. The molecule has 0 saturated carbocycles. The van der Waals surface area contributed by atoms with Gasteiger partial charge in [-0.1, -0.05) is 0 Å². The number of hydrogen-bond acceptors (Lipinski definition) is 5. The normalized spacial score (nSPS) is 9.14. The summed E-state index contributed by atoms with van der Waals surface area (Å²) in [5.74, 6) is 0. The lowest BCUT2D eigenvalue weighted by atomic mass is 10.2. The molecule has 5 heteroatoms. The van der Waals surface area contributed by atoms with E-state index in [1.165, 1.54) is 0 Å². The van der Waals surface area contributed by atoms with Crippen LogP contribution >= 0.6 is 0 Å². The molecule has 0 fully saturated rings. The quantitative estimate of drug-likeness (QED) is 0.564. The molecular formula is C9H10N4O. The van der Waals surface area contributed by atoms with E-state index in [4.69, 9.17) is 15.5 Å². The number of benzene rings is 1. The summed E-state index contributed by atoms with van der Waals surface area (Å²) in [5.41, 5.74) is 8.55. The van der Waals surface area contributed by atoms with Gasteiger partial charge in [0.2, 0.25) is 0 Å². The zero-order chi connectivity index (χ0) is 10.4. The molecule has 2 N–H and O–H groups in total. The lowest BCUT2D eigenvalue weighted by Gasteiger charge is -2.07. The van der Waals surface area contributed by atoms with Crippen molar-refractivity contribution in [3.8, 4) is 6.07 Å². The Bertz CT molecular complexity index is 370. The van der Waals surface area contributed by atoms with Gasteiger partial charge in [0.05, 0.1) is 17.3 Å². The van der Waals surface area contributed by atoms with Gasteiger partial charge >= 0.3 is 0 Å². The van der Waals surface area contributed by atoms with Gasteiger partial charge in [-0.25, -0.2) is 5.53 Å². The van der Waals surface area contributed by atoms with Crippen molar-refractivity contribution in [1.82, 2.24) is 0 Å². The van der Waals surface area contributed by atoms with E-state index in [1.54, 1.807) is 25.3 Å². The van der Waals surface area contributed by atoms with Crippen LogP contribution in [-0.4, -0.2) is 13.8 Å². The molecule has 0 aliphatic heterocycles. The Morgan fingerprint density at radius 1 is 1.64 bits per heavy atom. The van der Waals surface area contributed by atoms with E-state index >= 15 is 0 Å². The third kappa shape index (κ3) is 2.28. The van der Waals surface area contributed by atoms with Gasteiger partial charge in [0.15, 0.2) is 0 Å². The lowest BCUT2D eigenvalue weighted by molar-refractivity contribution is 0.221. The van der Waals surface area contributed by atoms with E-state index in [-0.39, 0.29) is 0 Å². The second-order valence-electron chi connectivity index (χ2n) is 2.57. The van der Waals surface area contributed by atoms with E-state index in [1.807, 2.05) is 6.07 Å². The van der Waals surface area contributed by atoms with Crippen LogP contribution in [0.1, 0.15) is 5.56 Å². The molecule has 1 aromatic carbocycles. The summed E-state index contributed by atoms with van der Waals surface area (Å²) in [6.07, 6.45) is 0. The molecule has 0 aliphatic rings. The van der Waals surface area contributed by atoms with Gasteiger partial charge in [0.1, 0.15) is 12.4 Å². The average molecular weight is 190 g/mol. The molecular weight excluding hydrogens is 180 g/mol. The molecule has 5 nitrogen and oxygen atoms in total. The third-order valence-electron chi connectivity index (χ3n) is 1.65. The maximum atomic E-state index is 8.66. The number of rotatable bonds is 4. The fraction of sp³-hybridized carbons (Fsp3) is 0.222. The molecule has 0 spiro atoms. The predicted octanol–water partition coefficient (Wildman–Crippen LogP) is 2.24. The number of nitrogens with one attached hydrogen (secondary N) is 2. The molecule has 0 aromatic heterocycles. The number of anilines is 1. The summed E-state index contributed by atoms with van der Waals surface area (Å²) in [6.45, 7) is 0.317. The molecule has 0 unspecified atom stereocenters. The van der Waals surface area contributed by atoms with Crippen LogP contribution in [0.2, 0.25) is 0 Å². The predicted molar refractivity (Wildman–Crippen MR) is 51.5 cm³/mol. The molecule has 0 bridgehead atoms. The highest BCUT2D eigenvalue weighted by Gasteiger charge is 2.01. The SMILES string of the molecule is COCNc1cc(C#N)ccc1N=N. The smallest absolute Gasteiger partial charge is 0.116 e. The zero-order valence-corrected chi connectivity index (χ0v) is 7.74. The molecule has 1 rings (SSSR count). The Labute approximate surface area is 81.8 Å². The van der Waals surface area contributed by atoms with Crippen LogP contribution in [0.4, 0.5) is 11.4 Å². The van der Waals surface area contributed by atoms with Crippen molar-refractivity contribution in [2.75, 3.05) is 19.2 Å². The summed E-state index contributed by atoms with van der Waals surface area (Å²) in [5, 5.41) is 14.9. The molecule has 0 atom stereocenters. The van der Waals surface area contributed by atoms with E-state index in [0.29, 0.717) is 23.7 Å². The summed E-state index contributed by atoms with van der Waals surface area (Å²) in [6, 6.07) is 6.87. The molecule has 0 amide bonds. The van der Waals surface area contributed by atoms with Gasteiger partial charge in [-0.15, -0.1) is 0 Å². The van der Waals surface area contributed by atoms with Gasteiger partial charge in [0.25, 0.3) is 0 Å². The van der Waals surface area contributed by atoms with Gasteiger partial charge < -0.3 is 10.1 Å². The highest BCUT2D eigenvalue weighted by molar-refractivity contribution is 5.67. The van der Waals surface area contributed by atoms with Crippen LogP contribution in [0.5, 0.6) is 0 Å². The molecule has 0 saturated heterocycles. The van der Waals surface area contributed by atoms with Gasteiger partial charge in [-0.2, -0.15) is 10.4 Å². The first-order valence-electron chi connectivity index (χ1n) is 3.96. The fourth-order valence-corrected chi connectivity index (χ4v) is 0.995. The first-order valence-corrected chi connectivity index (χ1v) is 3.96. The number of hydrogen-bond donors (Lipinski definition) is 2. The molecule has 0 aliphatic carbocycles. The Hall–Kier alpha value is -1.93. The first kappa shape index (κ1) is 10.2. The number of nitriles is 1. The molecule has 0 heterocycles. The van der Waals surface area contributed by atoms with Crippen molar-refractivity contribution in [1.29, 1.82) is 10.8 Å². The minimum Gasteiger partial charge on any atom is -0.365 e. The maximum absolute atomic E-state index is 8.66. The second kappa shape index (κ2) is 4.94. The summed E-state index contributed by atoms with van der Waals surface area (Å²) in [7, 11) is 1.55. The van der Waals surface area contributed by atoms with E-state index in [9.17, 15) is 0 Å². The largest absolute Gasteiger partial charge is 0.365 e. The standard InChI is InChI=1S/C9H10N4O/c1-14-6-12-9-4-7(5-10)2-3-8(9)13-11/h2-4,11-12H,6H2,1H3. The van der Waals surface area contributed by atoms with Crippen molar-refractivity contribution >= 4 is 11.4 Å². The third-order valence-corrected chi connectivity index (χ3v) is 1.65. The lowest BCUT2D eigenvalue weighted by Crippen LogP contribution is -2.03. The van der Waals surface area contributed by atoms with E-state index in [2.05, 4.69) is 10.4 Å². The van der Waals surface area contributed by atoms with Crippen LogP contribution in [0.25, 0.3) is 0 Å². The van der Waals surface area contributed by atoms with Crippen molar-refractivity contribution in [2.45, 2.75) is 0 Å². The van der Waals surface area contributed by atoms with Crippen molar-refractivity contribution in [3.05, 3.63) is 23.8 Å². The second-order valence-corrected chi connectivity index (χ2v) is 2.57. The van der Waals surface area contributed by atoms with Crippen LogP contribution in [0, 0.1) is 16.9 Å². The summed E-state index contributed by atoms with van der Waals surface area (Å²) >= 11 is 0. The summed E-state index contributed by atoms with van der Waals surface area (Å²) < 4.78 is 4.82. The van der Waals surface area contributed by atoms with Crippen molar-refractivity contribution in [3.63, 3.8) is 0 Å². The monoisotopic (exact) mass is 190 g/mol. The highest BCUT2D eigenvalue weighted by Crippen LogP contribution is 2.25. The Balaban J connectivity index is 2.97. The van der Waals surface area contributed by atoms with E-state index < -0.39 is 0 Å². The molecule has 0 radical (unpaired) electrons. The van der Waals surface area contributed by atoms with Crippen LogP contribution < -0.4 is 5.32 Å². The molecule has 14 heavy (non-hydrogen) atoms. The Kier molecular flexibility index (Phi) is 3.58. The number of ether oxygens (including phenoxy) is 1. The van der Waals surface area contributed by atoms with E-state index in [0.717, 1.165) is 0 Å². The van der Waals surface area contributed by atoms with Crippen LogP contribution in [0.3, 0.4) is 0 Å². The van der Waals surface area contributed by atoms with Crippen molar-refractivity contribution < 1.29 is 4.74 Å². The number of methoxy groups -OCH3 is 1. The topological polar surface area (TPSA) is 81.3 Å².